The first-order valence-corrected chi connectivity index (χ1v) is 6.52. The smallest absolute Gasteiger partial charge is 0.238 e. The molecule has 1 aliphatic heterocycles. The van der Waals surface area contributed by atoms with Crippen molar-refractivity contribution in [2.24, 2.45) is 5.92 Å². The lowest BCUT2D eigenvalue weighted by Gasteiger charge is -2.29. The van der Waals surface area contributed by atoms with Crippen molar-refractivity contribution in [3.05, 3.63) is 29.8 Å². The summed E-state index contributed by atoms with van der Waals surface area (Å²) in [5.74, 6) is -1.19. The second kappa shape index (κ2) is 6.10. The van der Waals surface area contributed by atoms with Gasteiger partial charge in [0.2, 0.25) is 5.91 Å². The molecule has 1 aromatic rings. The number of piperidine rings is 1. The molecule has 0 unspecified atom stereocenters. The molecule has 0 spiro atoms. The van der Waals surface area contributed by atoms with Crippen LogP contribution in [-0.4, -0.2) is 30.4 Å². The minimum Gasteiger partial charge on any atom is -0.320 e. The normalized spacial score (nSPS) is 17.4. The average Bonchev–Trinajstić information content (AvgIpc) is 2.37. The lowest BCUT2D eigenvalue weighted by molar-refractivity contribution is -0.117. The maximum absolute atomic E-state index is 13.4. The van der Waals surface area contributed by atoms with Crippen LogP contribution in [0.2, 0.25) is 0 Å². The summed E-state index contributed by atoms with van der Waals surface area (Å²) < 4.78 is 26.7. The van der Waals surface area contributed by atoms with E-state index in [1.807, 2.05) is 4.90 Å². The third-order valence-electron chi connectivity index (χ3n) is 3.47. The van der Waals surface area contributed by atoms with E-state index in [9.17, 15) is 13.6 Å². The van der Waals surface area contributed by atoms with Gasteiger partial charge in [0.25, 0.3) is 0 Å². The third kappa shape index (κ3) is 3.73. The summed E-state index contributed by atoms with van der Waals surface area (Å²) in [4.78, 5) is 13.8. The van der Waals surface area contributed by atoms with Crippen LogP contribution in [0.5, 0.6) is 0 Å². The van der Waals surface area contributed by atoms with Gasteiger partial charge >= 0.3 is 0 Å². The van der Waals surface area contributed by atoms with Gasteiger partial charge in [0.05, 0.1) is 6.54 Å². The molecule has 0 radical (unpaired) electrons. The van der Waals surface area contributed by atoms with Crippen LogP contribution >= 0.6 is 0 Å². The Kier molecular flexibility index (Phi) is 4.47. The van der Waals surface area contributed by atoms with E-state index < -0.39 is 11.6 Å². The van der Waals surface area contributed by atoms with E-state index in [-0.39, 0.29) is 18.1 Å². The molecule has 1 aromatic carbocycles. The number of halogens is 2. The van der Waals surface area contributed by atoms with Crippen molar-refractivity contribution in [2.75, 3.05) is 25.0 Å². The number of carbonyl (C=O) groups excluding carboxylic acids is 1. The van der Waals surface area contributed by atoms with E-state index in [4.69, 9.17) is 0 Å². The predicted molar refractivity (Wildman–Crippen MR) is 69.8 cm³/mol. The number of likely N-dealkylation sites (tertiary alicyclic amines) is 1. The summed E-state index contributed by atoms with van der Waals surface area (Å²) >= 11 is 0. The molecule has 19 heavy (non-hydrogen) atoms. The fourth-order valence-corrected chi connectivity index (χ4v) is 2.22. The molecule has 1 heterocycles. The van der Waals surface area contributed by atoms with Crippen LogP contribution in [0, 0.1) is 17.6 Å². The quantitative estimate of drug-likeness (QED) is 0.914. The first-order valence-electron chi connectivity index (χ1n) is 6.52. The molecule has 104 valence electrons. The number of nitrogens with zero attached hydrogens (tertiary/aromatic N) is 1. The molecule has 2 rings (SSSR count). The van der Waals surface area contributed by atoms with Gasteiger partial charge in [-0.2, -0.15) is 0 Å². The van der Waals surface area contributed by atoms with Crippen LogP contribution in [-0.2, 0) is 4.79 Å². The van der Waals surface area contributed by atoms with E-state index in [1.165, 1.54) is 6.07 Å². The van der Waals surface area contributed by atoms with Crippen LogP contribution in [0.4, 0.5) is 14.5 Å². The standard InChI is InChI=1S/C14H18F2N2O/c1-10-5-7-18(8-6-10)9-13(19)17-14-11(15)3-2-4-12(14)16/h2-4,10H,5-9H2,1H3,(H,17,19). The molecule has 0 aromatic heterocycles. The zero-order valence-corrected chi connectivity index (χ0v) is 11.0. The van der Waals surface area contributed by atoms with Crippen LogP contribution in [0.1, 0.15) is 19.8 Å². The Morgan fingerprint density at radius 2 is 1.89 bits per heavy atom. The van der Waals surface area contributed by atoms with Crippen LogP contribution < -0.4 is 5.32 Å². The molecule has 0 bridgehead atoms. The monoisotopic (exact) mass is 268 g/mol. The molecule has 0 aliphatic carbocycles. The van der Waals surface area contributed by atoms with Crippen molar-refractivity contribution in [3.8, 4) is 0 Å². The highest BCUT2D eigenvalue weighted by Gasteiger charge is 2.19. The first-order chi connectivity index (χ1) is 9.06. The Morgan fingerprint density at radius 3 is 2.47 bits per heavy atom. The van der Waals surface area contributed by atoms with Gasteiger partial charge in [-0.15, -0.1) is 0 Å². The summed E-state index contributed by atoms with van der Waals surface area (Å²) in [6.45, 7) is 4.08. The lowest BCUT2D eigenvalue weighted by atomic mass is 9.99. The summed E-state index contributed by atoms with van der Waals surface area (Å²) in [6.07, 6.45) is 2.11. The largest absolute Gasteiger partial charge is 0.320 e. The molecule has 1 amide bonds. The van der Waals surface area contributed by atoms with Crippen molar-refractivity contribution in [2.45, 2.75) is 19.8 Å². The van der Waals surface area contributed by atoms with Crippen LogP contribution in [0.3, 0.4) is 0 Å². The predicted octanol–water partition coefficient (Wildman–Crippen LogP) is 2.64. The third-order valence-corrected chi connectivity index (χ3v) is 3.47. The summed E-state index contributed by atoms with van der Waals surface area (Å²) in [6, 6.07) is 3.52. The first kappa shape index (κ1) is 13.9. The second-order valence-corrected chi connectivity index (χ2v) is 5.10. The summed E-state index contributed by atoms with van der Waals surface area (Å²) in [5.41, 5.74) is -0.363. The molecule has 1 saturated heterocycles. The van der Waals surface area contributed by atoms with Gasteiger partial charge in [-0.1, -0.05) is 13.0 Å². The number of anilines is 1. The van der Waals surface area contributed by atoms with Crippen molar-refractivity contribution in [3.63, 3.8) is 0 Å². The van der Waals surface area contributed by atoms with E-state index in [2.05, 4.69) is 12.2 Å². The molecular formula is C14H18F2N2O. The van der Waals surface area contributed by atoms with Gasteiger partial charge in [0.1, 0.15) is 17.3 Å². The molecule has 1 fully saturated rings. The zero-order valence-electron chi connectivity index (χ0n) is 11.0. The highest BCUT2D eigenvalue weighted by molar-refractivity contribution is 5.92. The number of para-hydroxylation sites is 1. The fraction of sp³-hybridized carbons (Fsp3) is 0.500. The molecule has 1 N–H and O–H groups in total. The van der Waals surface area contributed by atoms with E-state index >= 15 is 0 Å². The Labute approximate surface area is 111 Å². The maximum atomic E-state index is 13.4. The maximum Gasteiger partial charge on any atom is 0.238 e. The molecule has 5 heteroatoms. The molecule has 0 saturated carbocycles. The molecule has 3 nitrogen and oxygen atoms in total. The van der Waals surface area contributed by atoms with Crippen molar-refractivity contribution >= 4 is 11.6 Å². The van der Waals surface area contributed by atoms with E-state index in [0.29, 0.717) is 5.92 Å². The number of amides is 1. The van der Waals surface area contributed by atoms with Crippen molar-refractivity contribution in [1.82, 2.24) is 4.90 Å². The van der Waals surface area contributed by atoms with Gasteiger partial charge in [-0.3, -0.25) is 9.69 Å². The number of carbonyl (C=O) groups is 1. The average molecular weight is 268 g/mol. The van der Waals surface area contributed by atoms with Crippen molar-refractivity contribution < 1.29 is 13.6 Å². The number of nitrogens with one attached hydrogen (secondary N) is 1. The Hall–Kier alpha value is -1.49. The summed E-state index contributed by atoms with van der Waals surface area (Å²) in [5, 5.41) is 2.31. The summed E-state index contributed by atoms with van der Waals surface area (Å²) in [7, 11) is 0. The highest BCUT2D eigenvalue weighted by atomic mass is 19.1. The Morgan fingerprint density at radius 1 is 1.32 bits per heavy atom. The zero-order chi connectivity index (χ0) is 13.8. The highest BCUT2D eigenvalue weighted by Crippen LogP contribution is 2.19. The number of rotatable bonds is 3. The van der Waals surface area contributed by atoms with Gasteiger partial charge in [0, 0.05) is 0 Å². The lowest BCUT2D eigenvalue weighted by Crippen LogP contribution is -2.38. The fourth-order valence-electron chi connectivity index (χ4n) is 2.22. The van der Waals surface area contributed by atoms with Crippen molar-refractivity contribution in [1.29, 1.82) is 0 Å². The Balaban J connectivity index is 1.91. The van der Waals surface area contributed by atoms with Gasteiger partial charge < -0.3 is 5.32 Å². The van der Waals surface area contributed by atoms with E-state index in [0.717, 1.165) is 38.1 Å². The molecular weight excluding hydrogens is 250 g/mol. The SMILES string of the molecule is CC1CCN(CC(=O)Nc2c(F)cccc2F)CC1. The minimum absolute atomic E-state index is 0.181. The number of hydrogen-bond acceptors (Lipinski definition) is 2. The van der Waals surface area contributed by atoms with Crippen LogP contribution in [0.15, 0.2) is 18.2 Å². The number of benzene rings is 1. The molecule has 0 atom stereocenters. The molecule has 1 aliphatic rings. The second-order valence-electron chi connectivity index (χ2n) is 5.10. The number of hydrogen-bond donors (Lipinski definition) is 1. The van der Waals surface area contributed by atoms with Gasteiger partial charge in [-0.25, -0.2) is 8.78 Å². The van der Waals surface area contributed by atoms with Crippen LogP contribution in [0.25, 0.3) is 0 Å². The van der Waals surface area contributed by atoms with E-state index in [1.54, 1.807) is 0 Å². The Bertz CT molecular complexity index is 437. The van der Waals surface area contributed by atoms with Gasteiger partial charge in [0.15, 0.2) is 0 Å². The van der Waals surface area contributed by atoms with Gasteiger partial charge in [-0.05, 0) is 44.0 Å². The minimum atomic E-state index is -0.749. The topological polar surface area (TPSA) is 32.3 Å².